The average molecular weight is 188 g/mol. The van der Waals surface area contributed by atoms with Crippen molar-refractivity contribution >= 4 is 15.3 Å². The maximum absolute atomic E-state index is 10.5. The Kier molecular flexibility index (Phi) is 6.26. The molecule has 0 atom stereocenters. The molecule has 68 valence electrons. The highest BCUT2D eigenvalue weighted by molar-refractivity contribution is 6.50. The van der Waals surface area contributed by atoms with E-state index in [1.807, 2.05) is 0 Å². The van der Waals surface area contributed by atoms with E-state index in [4.69, 9.17) is 8.85 Å². The molecule has 0 bridgehead atoms. The zero-order valence-corrected chi connectivity index (χ0v) is 8.30. The second-order valence-corrected chi connectivity index (χ2v) is 3.87. The van der Waals surface area contributed by atoms with E-state index in [9.17, 15) is 4.79 Å². The molecule has 0 saturated heterocycles. The van der Waals surface area contributed by atoms with Crippen LogP contribution in [0.5, 0.6) is 0 Å². The summed E-state index contributed by atoms with van der Waals surface area (Å²) in [5.41, 5.74) is 1.60. The third-order valence-electron chi connectivity index (χ3n) is 1.05. The molecule has 0 N–H and O–H groups in total. The quantitative estimate of drug-likeness (QED) is 0.269. The number of esters is 1. The van der Waals surface area contributed by atoms with Crippen molar-refractivity contribution in [3.05, 3.63) is 24.6 Å². The van der Waals surface area contributed by atoms with E-state index in [-0.39, 0.29) is 0 Å². The van der Waals surface area contributed by atoms with Crippen LogP contribution in [0.15, 0.2) is 24.6 Å². The highest BCUT2D eigenvalue weighted by atomic mass is 28.3. The summed E-state index contributed by atoms with van der Waals surface area (Å²) in [5.74, 6) is -0.494. The predicted octanol–water partition coefficient (Wildman–Crippen LogP) is 0.282. The molecule has 0 spiro atoms. The molecule has 0 aromatic rings. The summed E-state index contributed by atoms with van der Waals surface area (Å²) in [5, 5.41) is 0. The highest BCUT2D eigenvalue weighted by Crippen LogP contribution is 1.88. The minimum atomic E-state index is -1.75. The van der Waals surface area contributed by atoms with Crippen LogP contribution >= 0.6 is 0 Å². The van der Waals surface area contributed by atoms with Crippen LogP contribution in [0.4, 0.5) is 0 Å². The fraction of sp³-hybridized carbons (Fsp3) is 0.286. The van der Waals surface area contributed by atoms with Crippen molar-refractivity contribution < 1.29 is 18.4 Å². The van der Waals surface area contributed by atoms with Gasteiger partial charge in [-0.1, -0.05) is 6.58 Å². The first-order valence-corrected chi connectivity index (χ1v) is 4.90. The van der Waals surface area contributed by atoms with E-state index in [1.165, 1.54) is 6.26 Å². The minimum absolute atomic E-state index is 0.494. The van der Waals surface area contributed by atoms with Crippen LogP contribution in [-0.4, -0.2) is 29.5 Å². The van der Waals surface area contributed by atoms with Crippen molar-refractivity contribution in [1.29, 1.82) is 0 Å². The lowest BCUT2D eigenvalue weighted by molar-refractivity contribution is -0.132. The SMILES string of the molecule is C=CC(=O)OC=C[SiH](OC)OC. The first-order valence-electron chi connectivity index (χ1n) is 3.30. The Morgan fingerprint density at radius 2 is 2.00 bits per heavy atom. The summed E-state index contributed by atoms with van der Waals surface area (Å²) in [6, 6.07) is 0. The molecule has 0 unspecified atom stereocenters. The first kappa shape index (κ1) is 11.1. The van der Waals surface area contributed by atoms with Gasteiger partial charge in [0.2, 0.25) is 0 Å². The van der Waals surface area contributed by atoms with Crippen molar-refractivity contribution in [1.82, 2.24) is 0 Å². The fourth-order valence-corrected chi connectivity index (χ4v) is 1.19. The summed E-state index contributed by atoms with van der Waals surface area (Å²) >= 11 is 0. The van der Waals surface area contributed by atoms with Crippen molar-refractivity contribution in [3.8, 4) is 0 Å². The molecule has 0 radical (unpaired) electrons. The van der Waals surface area contributed by atoms with E-state index in [0.717, 1.165) is 6.08 Å². The number of carbonyl (C=O) groups is 1. The van der Waals surface area contributed by atoms with Gasteiger partial charge in [-0.2, -0.15) is 0 Å². The maximum Gasteiger partial charge on any atom is 0.350 e. The van der Waals surface area contributed by atoms with Crippen LogP contribution in [0.25, 0.3) is 0 Å². The van der Waals surface area contributed by atoms with Gasteiger partial charge < -0.3 is 13.6 Å². The third kappa shape index (κ3) is 4.83. The van der Waals surface area contributed by atoms with Crippen LogP contribution in [0.1, 0.15) is 0 Å². The van der Waals surface area contributed by atoms with Crippen LogP contribution in [0, 0.1) is 0 Å². The van der Waals surface area contributed by atoms with Gasteiger partial charge in [-0.15, -0.1) is 0 Å². The van der Waals surface area contributed by atoms with Gasteiger partial charge in [-0.3, -0.25) is 0 Å². The number of rotatable bonds is 5. The zero-order valence-electron chi connectivity index (χ0n) is 7.15. The topological polar surface area (TPSA) is 44.8 Å². The molecule has 0 aliphatic carbocycles. The van der Waals surface area contributed by atoms with Crippen molar-refractivity contribution in [2.75, 3.05) is 14.2 Å². The molecule has 0 fully saturated rings. The van der Waals surface area contributed by atoms with Crippen molar-refractivity contribution in [3.63, 3.8) is 0 Å². The Morgan fingerprint density at radius 1 is 1.42 bits per heavy atom. The van der Waals surface area contributed by atoms with Gasteiger partial charge in [0.25, 0.3) is 0 Å². The lowest BCUT2D eigenvalue weighted by atomic mass is 10.7. The largest absolute Gasteiger partial charge is 0.432 e. The van der Waals surface area contributed by atoms with Gasteiger partial charge in [0.15, 0.2) is 0 Å². The van der Waals surface area contributed by atoms with Crippen LogP contribution in [0.3, 0.4) is 0 Å². The number of hydrogen-bond donors (Lipinski definition) is 0. The Morgan fingerprint density at radius 3 is 2.42 bits per heavy atom. The zero-order chi connectivity index (χ0) is 9.40. The van der Waals surface area contributed by atoms with Gasteiger partial charge in [0.1, 0.15) is 0 Å². The summed E-state index contributed by atoms with van der Waals surface area (Å²) in [6.45, 7) is 3.24. The van der Waals surface area contributed by atoms with Crippen molar-refractivity contribution in [2.24, 2.45) is 0 Å². The van der Waals surface area contributed by atoms with E-state index in [0.29, 0.717) is 0 Å². The molecule has 0 heterocycles. The van der Waals surface area contributed by atoms with Gasteiger partial charge in [0, 0.05) is 20.3 Å². The summed E-state index contributed by atoms with van der Waals surface area (Å²) in [6.07, 6.45) is 2.34. The molecule has 0 aliphatic heterocycles. The lowest BCUT2D eigenvalue weighted by Gasteiger charge is -2.03. The number of hydrogen-bond acceptors (Lipinski definition) is 4. The van der Waals surface area contributed by atoms with Gasteiger partial charge in [0.05, 0.1) is 6.26 Å². The molecule has 4 nitrogen and oxygen atoms in total. The van der Waals surface area contributed by atoms with Crippen LogP contribution in [0.2, 0.25) is 0 Å². The van der Waals surface area contributed by atoms with E-state index >= 15 is 0 Å². The lowest BCUT2D eigenvalue weighted by Crippen LogP contribution is -2.16. The Bertz CT molecular complexity index is 174. The number of ether oxygens (including phenoxy) is 1. The van der Waals surface area contributed by atoms with E-state index in [1.54, 1.807) is 19.9 Å². The second kappa shape index (κ2) is 6.78. The predicted molar refractivity (Wildman–Crippen MR) is 46.6 cm³/mol. The monoisotopic (exact) mass is 188 g/mol. The van der Waals surface area contributed by atoms with E-state index < -0.39 is 15.3 Å². The smallest absolute Gasteiger partial charge is 0.350 e. The first-order chi connectivity index (χ1) is 5.74. The molecule has 12 heavy (non-hydrogen) atoms. The maximum atomic E-state index is 10.5. The summed E-state index contributed by atoms with van der Waals surface area (Å²) < 4.78 is 14.4. The van der Waals surface area contributed by atoms with Gasteiger partial charge in [-0.05, 0) is 5.70 Å². The Labute approximate surface area is 73.3 Å². The summed E-state index contributed by atoms with van der Waals surface area (Å²) in [7, 11) is 1.33. The minimum Gasteiger partial charge on any atom is -0.432 e. The molecule has 0 rings (SSSR count). The van der Waals surface area contributed by atoms with Gasteiger partial charge in [-0.25, -0.2) is 4.79 Å². The third-order valence-corrected chi connectivity index (χ3v) is 2.45. The molecule has 0 aromatic heterocycles. The average Bonchev–Trinajstić information content (AvgIpc) is 2.12. The van der Waals surface area contributed by atoms with Crippen LogP contribution < -0.4 is 0 Å². The highest BCUT2D eigenvalue weighted by Gasteiger charge is 2.02. The molecular formula is C7H12O4Si. The second-order valence-electron chi connectivity index (χ2n) is 1.81. The molecule has 0 aromatic carbocycles. The molecular weight excluding hydrogens is 176 g/mol. The van der Waals surface area contributed by atoms with Crippen molar-refractivity contribution in [2.45, 2.75) is 0 Å². The fourth-order valence-electron chi connectivity index (χ4n) is 0.472. The van der Waals surface area contributed by atoms with E-state index in [2.05, 4.69) is 11.3 Å². The summed E-state index contributed by atoms with van der Waals surface area (Å²) in [4.78, 5) is 10.5. The van der Waals surface area contributed by atoms with Crippen LogP contribution in [-0.2, 0) is 18.4 Å². The Balaban J connectivity index is 3.73. The standard InChI is InChI=1S/C7H12O4Si/c1-4-7(8)11-5-6-12(9-2)10-3/h4-6,12H,1H2,2-3H3. The molecule has 0 amide bonds. The van der Waals surface area contributed by atoms with Gasteiger partial charge >= 0.3 is 15.3 Å². The molecule has 0 saturated carbocycles. The number of carbonyl (C=O) groups excluding carboxylic acids is 1. The Hall–Kier alpha value is -0.913. The molecule has 5 heteroatoms. The normalized spacial score (nSPS) is 10.6. The molecule has 0 aliphatic rings.